The molecule has 4 aliphatic rings. The summed E-state index contributed by atoms with van der Waals surface area (Å²) in [4.78, 5) is 35.3. The maximum absolute atomic E-state index is 15.5. The summed E-state index contributed by atoms with van der Waals surface area (Å²) in [6.07, 6.45) is 8.33. The maximum Gasteiger partial charge on any atom is 0.293 e. The zero-order valence-corrected chi connectivity index (χ0v) is 39.4. The predicted octanol–water partition coefficient (Wildman–Crippen LogP) is 9.62. The number of H-pyrrole nitrogens is 1. The molecule has 0 bridgehead atoms. The van der Waals surface area contributed by atoms with Crippen LogP contribution >= 0.6 is 11.6 Å². The molecule has 67 heavy (non-hydrogen) atoms. The van der Waals surface area contributed by atoms with E-state index in [0.29, 0.717) is 40.7 Å². The Hall–Kier alpha value is -5.52. The van der Waals surface area contributed by atoms with E-state index in [1.165, 1.54) is 47.0 Å². The summed E-state index contributed by atoms with van der Waals surface area (Å²) in [6.45, 7) is 11.5. The first-order chi connectivity index (χ1) is 32.2. The van der Waals surface area contributed by atoms with Crippen molar-refractivity contribution in [1.82, 2.24) is 19.5 Å². The van der Waals surface area contributed by atoms with Crippen molar-refractivity contribution in [2.45, 2.75) is 75.8 Å². The molecule has 3 N–H and O–H groups in total. The molecule has 9 rings (SSSR count). The highest BCUT2D eigenvalue weighted by atomic mass is 35.5. The zero-order valence-electron chi connectivity index (χ0n) is 37.9. The maximum atomic E-state index is 15.5. The van der Waals surface area contributed by atoms with E-state index in [-0.39, 0.29) is 34.2 Å². The minimum atomic E-state index is -4.64. The van der Waals surface area contributed by atoms with Gasteiger partial charge in [-0.2, -0.15) is 0 Å². The number of hydrogen-bond donors (Lipinski definition) is 3. The van der Waals surface area contributed by atoms with E-state index in [1.807, 2.05) is 12.1 Å². The number of carbonyl (C=O) groups excluding carboxylic acids is 1. The number of aromatic amines is 1. The molecule has 4 aromatic carbocycles. The van der Waals surface area contributed by atoms with E-state index in [0.717, 1.165) is 96.9 Å². The smallest absolute Gasteiger partial charge is 0.293 e. The standard InChI is InChI=1S/C50H57ClFN7O7S/c1-50(2)17-11-35(42(31-50)33-3-5-36(51)6-4-33)32-56-21-23-58(24-22-56)39-7-9-41(47(28-39)66-48-27-34-12-18-53-45(34)30-43(48)52)49(60)55-67(63,64)40-8-10-44(46(29-40)59(61)62)54-37-13-19-57(20-14-37)38-15-25-65-26-16-38/h3-10,12,18,27-30,37-38,53-54H,11,13-17,19-26,31-32H2,1-2H3,(H,55,60). The number of anilines is 2. The van der Waals surface area contributed by atoms with E-state index in [4.69, 9.17) is 21.1 Å². The van der Waals surface area contributed by atoms with Crippen LogP contribution in [0.1, 0.15) is 74.7 Å². The van der Waals surface area contributed by atoms with Gasteiger partial charge in [-0.05, 0) is 110 Å². The molecule has 354 valence electrons. The number of nitrogens with zero attached hydrogens (tertiary/aromatic N) is 4. The fourth-order valence-electron chi connectivity index (χ4n) is 9.99. The molecule has 0 spiro atoms. The number of benzene rings is 4. The molecule has 1 aromatic heterocycles. The molecule has 0 radical (unpaired) electrons. The third-order valence-electron chi connectivity index (χ3n) is 13.9. The molecule has 0 unspecified atom stereocenters. The summed E-state index contributed by atoms with van der Waals surface area (Å²) in [5, 5.41) is 17.0. The molecule has 1 amide bonds. The molecule has 3 aliphatic heterocycles. The number of ether oxygens (including phenoxy) is 2. The number of halogens is 2. The minimum absolute atomic E-state index is 0.0361. The van der Waals surface area contributed by atoms with Crippen LogP contribution in [0.2, 0.25) is 5.02 Å². The van der Waals surface area contributed by atoms with Crippen LogP contribution in [-0.2, 0) is 14.8 Å². The third kappa shape index (κ3) is 10.8. The van der Waals surface area contributed by atoms with Gasteiger partial charge in [0.05, 0.1) is 15.4 Å². The summed E-state index contributed by atoms with van der Waals surface area (Å²) < 4.78 is 57.0. The van der Waals surface area contributed by atoms with Crippen LogP contribution in [0.15, 0.2) is 95.5 Å². The van der Waals surface area contributed by atoms with Gasteiger partial charge in [-0.15, -0.1) is 0 Å². The highest BCUT2D eigenvalue weighted by Crippen LogP contribution is 2.44. The van der Waals surface area contributed by atoms with E-state index in [1.54, 1.807) is 24.4 Å². The fraction of sp³-hybridized carbons (Fsp3) is 0.420. The summed E-state index contributed by atoms with van der Waals surface area (Å²) in [6, 6.07) is 21.5. The number of nitro groups is 1. The van der Waals surface area contributed by atoms with Crippen molar-refractivity contribution in [2.75, 3.05) is 69.2 Å². The van der Waals surface area contributed by atoms with Gasteiger partial charge >= 0.3 is 0 Å². The molecular weight excluding hydrogens is 897 g/mol. The Bertz CT molecular complexity index is 2780. The average molecular weight is 955 g/mol. The van der Waals surface area contributed by atoms with E-state index in [2.05, 4.69) is 55.7 Å². The summed E-state index contributed by atoms with van der Waals surface area (Å²) in [5.74, 6) is -1.94. The number of piperidine rings is 1. The molecule has 0 saturated carbocycles. The summed E-state index contributed by atoms with van der Waals surface area (Å²) >= 11 is 6.25. The number of carbonyl (C=O) groups is 1. The first kappa shape index (κ1) is 46.6. The first-order valence-corrected chi connectivity index (χ1v) is 25.0. The Balaban J connectivity index is 0.917. The van der Waals surface area contributed by atoms with Crippen molar-refractivity contribution in [2.24, 2.45) is 5.41 Å². The number of aromatic nitrogens is 1. The van der Waals surface area contributed by atoms with Gasteiger partial charge in [0.25, 0.3) is 21.6 Å². The monoisotopic (exact) mass is 953 g/mol. The molecular formula is C50H57ClFN7O7S. The van der Waals surface area contributed by atoms with Crippen molar-refractivity contribution in [1.29, 1.82) is 0 Å². The third-order valence-corrected chi connectivity index (χ3v) is 15.4. The van der Waals surface area contributed by atoms with Gasteiger partial charge in [0, 0.05) is 117 Å². The van der Waals surface area contributed by atoms with Crippen molar-refractivity contribution in [3.63, 3.8) is 0 Å². The molecule has 1 aliphatic carbocycles. The lowest BCUT2D eigenvalue weighted by Crippen LogP contribution is -2.47. The molecule has 4 heterocycles. The van der Waals surface area contributed by atoms with E-state index in [9.17, 15) is 23.3 Å². The summed E-state index contributed by atoms with van der Waals surface area (Å²) in [7, 11) is -4.64. The van der Waals surface area contributed by atoms with Gasteiger partial charge in [0.2, 0.25) is 0 Å². The number of piperazine rings is 1. The fourth-order valence-corrected chi connectivity index (χ4v) is 11.1. The van der Waals surface area contributed by atoms with Crippen LogP contribution in [0.25, 0.3) is 16.5 Å². The SMILES string of the molecule is CC1(C)CCC(CN2CCN(c3ccc(C(=O)NS(=O)(=O)c4ccc(NC5CCN(C6CCOCC6)CC5)c([N+](=O)[O-])c4)c(Oc4cc5cc[nH]c5cc4F)c3)CC2)=C(c2ccc(Cl)cc2)C1. The van der Waals surface area contributed by atoms with Crippen LogP contribution in [0, 0.1) is 21.3 Å². The van der Waals surface area contributed by atoms with Crippen LogP contribution in [0.3, 0.4) is 0 Å². The Morgan fingerprint density at radius 2 is 1.69 bits per heavy atom. The first-order valence-electron chi connectivity index (χ1n) is 23.1. The normalized spacial score (nSPS) is 19.1. The predicted molar refractivity (Wildman–Crippen MR) is 259 cm³/mol. The molecule has 3 saturated heterocycles. The van der Waals surface area contributed by atoms with Gasteiger partial charge in [-0.25, -0.2) is 17.5 Å². The van der Waals surface area contributed by atoms with E-state index >= 15 is 4.39 Å². The van der Waals surface area contributed by atoms with Crippen molar-refractivity contribution < 1.29 is 32.0 Å². The van der Waals surface area contributed by atoms with Gasteiger partial charge in [-0.1, -0.05) is 43.2 Å². The second-order valence-electron chi connectivity index (χ2n) is 19.0. The number of allylic oxidation sites excluding steroid dienone is 1. The van der Waals surface area contributed by atoms with Gasteiger partial charge in [0.1, 0.15) is 11.4 Å². The van der Waals surface area contributed by atoms with Crippen molar-refractivity contribution in [3.05, 3.63) is 123 Å². The molecule has 17 heteroatoms. The largest absolute Gasteiger partial charge is 0.453 e. The van der Waals surface area contributed by atoms with E-state index < -0.39 is 37.3 Å². The second kappa shape index (κ2) is 19.6. The molecule has 5 aromatic rings. The molecule has 3 fully saturated rings. The number of nitrogens with one attached hydrogen (secondary N) is 3. The number of likely N-dealkylation sites (tertiary alicyclic amines) is 1. The number of hydrogen-bond acceptors (Lipinski definition) is 11. The van der Waals surface area contributed by atoms with Crippen LogP contribution < -0.4 is 19.7 Å². The minimum Gasteiger partial charge on any atom is -0.453 e. The van der Waals surface area contributed by atoms with Crippen LogP contribution in [-0.4, -0.2) is 105 Å². The Kier molecular flexibility index (Phi) is 13.6. The number of nitro benzene ring substituents is 1. The highest BCUT2D eigenvalue weighted by molar-refractivity contribution is 7.90. The van der Waals surface area contributed by atoms with Crippen molar-refractivity contribution >= 4 is 61.1 Å². The number of amides is 1. The Morgan fingerprint density at radius 3 is 2.42 bits per heavy atom. The summed E-state index contributed by atoms with van der Waals surface area (Å²) in [5.41, 5.74) is 5.12. The number of rotatable bonds is 13. The Labute approximate surface area is 395 Å². The molecule has 14 nitrogen and oxygen atoms in total. The van der Waals surface area contributed by atoms with Crippen LogP contribution in [0.5, 0.6) is 11.5 Å². The topological polar surface area (TPSA) is 162 Å². The van der Waals surface area contributed by atoms with Crippen LogP contribution in [0.4, 0.5) is 21.5 Å². The van der Waals surface area contributed by atoms with Crippen molar-refractivity contribution in [3.8, 4) is 11.5 Å². The average Bonchev–Trinajstić information content (AvgIpc) is 3.77. The molecule has 0 atom stereocenters. The lowest BCUT2D eigenvalue weighted by Gasteiger charge is -2.39. The van der Waals surface area contributed by atoms with Gasteiger partial charge < -0.3 is 29.6 Å². The quantitative estimate of drug-likeness (QED) is 0.0761. The van der Waals surface area contributed by atoms with Gasteiger partial charge in [-0.3, -0.25) is 19.8 Å². The highest BCUT2D eigenvalue weighted by Gasteiger charge is 2.32. The second-order valence-corrected chi connectivity index (χ2v) is 21.1. The number of fused-ring (bicyclic) bond motifs is 1. The lowest BCUT2D eigenvalue weighted by molar-refractivity contribution is -0.384. The van der Waals surface area contributed by atoms with Gasteiger partial charge in [0.15, 0.2) is 11.6 Å². The lowest BCUT2D eigenvalue weighted by atomic mass is 9.72. The zero-order chi connectivity index (χ0) is 46.9. The number of sulfonamides is 1. The Morgan fingerprint density at radius 1 is 0.940 bits per heavy atom.